The van der Waals surface area contributed by atoms with Gasteiger partial charge in [0.05, 0.1) is 18.0 Å². The molecule has 0 N–H and O–H groups in total. The minimum Gasteiger partial charge on any atom is -0.460 e. The maximum absolute atomic E-state index is 12.5. The highest BCUT2D eigenvalue weighted by Crippen LogP contribution is 2.36. The van der Waals surface area contributed by atoms with E-state index in [0.717, 1.165) is 21.4 Å². The Morgan fingerprint density at radius 1 is 1.20 bits per heavy atom. The fourth-order valence-corrected chi connectivity index (χ4v) is 3.31. The number of amidine groups is 1. The van der Waals surface area contributed by atoms with E-state index in [9.17, 15) is 4.79 Å². The van der Waals surface area contributed by atoms with Crippen LogP contribution in [0.4, 0.5) is 11.4 Å². The van der Waals surface area contributed by atoms with Crippen LogP contribution in [-0.2, 0) is 9.53 Å². The molecule has 1 atom stereocenters. The highest BCUT2D eigenvalue weighted by Gasteiger charge is 2.40. The predicted octanol–water partition coefficient (Wildman–Crippen LogP) is 4.01. The van der Waals surface area contributed by atoms with Crippen molar-refractivity contribution in [2.24, 2.45) is 5.10 Å². The van der Waals surface area contributed by atoms with E-state index in [1.807, 2.05) is 64.5 Å². The smallest absolute Gasteiger partial charge is 0.376 e. The number of carbonyl (C=O) groups excluding carboxylic acids is 1. The zero-order valence-electron chi connectivity index (χ0n) is 13.6. The van der Waals surface area contributed by atoms with Gasteiger partial charge in [-0.2, -0.15) is 0 Å². The third kappa shape index (κ3) is 2.72. The van der Waals surface area contributed by atoms with Gasteiger partial charge in [-0.3, -0.25) is 4.90 Å². The van der Waals surface area contributed by atoms with E-state index in [4.69, 9.17) is 4.74 Å². The molecule has 4 rings (SSSR count). The van der Waals surface area contributed by atoms with E-state index in [1.54, 1.807) is 6.92 Å². The molecule has 25 heavy (non-hydrogen) atoms. The first-order valence-electron chi connectivity index (χ1n) is 8.06. The van der Waals surface area contributed by atoms with E-state index in [-0.39, 0.29) is 6.17 Å². The van der Waals surface area contributed by atoms with Gasteiger partial charge in [0.15, 0.2) is 0 Å². The fraction of sp³-hybridized carbons (Fsp3) is 0.158. The van der Waals surface area contributed by atoms with Gasteiger partial charge in [0.2, 0.25) is 5.84 Å². The van der Waals surface area contributed by atoms with Crippen LogP contribution in [0.3, 0.4) is 0 Å². The number of para-hydroxylation sites is 1. The van der Waals surface area contributed by atoms with Crippen LogP contribution in [0.5, 0.6) is 0 Å². The molecule has 5 nitrogen and oxygen atoms in total. The summed E-state index contributed by atoms with van der Waals surface area (Å²) in [7, 11) is 0. The van der Waals surface area contributed by atoms with Gasteiger partial charge in [-0.15, -0.1) is 5.10 Å². The molecule has 2 aromatic rings. The third-order valence-corrected chi connectivity index (χ3v) is 4.67. The third-order valence-electron chi connectivity index (χ3n) is 4.14. The molecule has 0 aliphatic carbocycles. The molecule has 0 bridgehead atoms. The molecule has 0 aromatic heterocycles. The number of benzene rings is 2. The van der Waals surface area contributed by atoms with Gasteiger partial charge in [0.25, 0.3) is 0 Å². The largest absolute Gasteiger partial charge is 0.460 e. The Hall–Kier alpha value is -2.60. The number of rotatable bonds is 3. The van der Waals surface area contributed by atoms with Crippen LogP contribution in [0.25, 0.3) is 6.08 Å². The maximum atomic E-state index is 12.5. The van der Waals surface area contributed by atoms with E-state index >= 15 is 0 Å². The first kappa shape index (κ1) is 15.9. The van der Waals surface area contributed by atoms with Crippen molar-refractivity contribution in [1.82, 2.24) is 0 Å². The molecule has 0 amide bonds. The zero-order valence-corrected chi connectivity index (χ0v) is 15.2. The molecule has 6 heteroatoms. The summed E-state index contributed by atoms with van der Waals surface area (Å²) in [6, 6.07) is 15.8. The first-order valence-corrected chi connectivity index (χ1v) is 8.85. The molecular formula is C19H16BrN3O2. The first-order chi connectivity index (χ1) is 12.2. The van der Waals surface area contributed by atoms with Crippen LogP contribution in [0.15, 0.2) is 64.2 Å². The Morgan fingerprint density at radius 2 is 1.96 bits per heavy atom. The topological polar surface area (TPSA) is 45.1 Å². The maximum Gasteiger partial charge on any atom is 0.376 e. The van der Waals surface area contributed by atoms with Gasteiger partial charge in [0.1, 0.15) is 6.17 Å². The van der Waals surface area contributed by atoms with Crippen molar-refractivity contribution in [3.8, 4) is 0 Å². The summed E-state index contributed by atoms with van der Waals surface area (Å²) in [5.41, 5.74) is 2.90. The summed E-state index contributed by atoms with van der Waals surface area (Å²) in [6.07, 6.45) is 3.90. The van der Waals surface area contributed by atoms with Crippen LogP contribution < -0.4 is 9.91 Å². The van der Waals surface area contributed by atoms with E-state index < -0.39 is 5.97 Å². The molecule has 0 fully saturated rings. The molecule has 0 saturated heterocycles. The van der Waals surface area contributed by atoms with Crippen molar-refractivity contribution in [3.05, 3.63) is 64.6 Å². The van der Waals surface area contributed by atoms with Crippen molar-refractivity contribution in [2.45, 2.75) is 13.1 Å². The second kappa shape index (κ2) is 6.37. The average Bonchev–Trinajstić information content (AvgIpc) is 3.03. The number of nitrogens with zero attached hydrogens (tertiary/aromatic N) is 3. The summed E-state index contributed by atoms with van der Waals surface area (Å²) in [5, 5.41) is 6.42. The van der Waals surface area contributed by atoms with Crippen LogP contribution in [0.1, 0.15) is 12.5 Å². The van der Waals surface area contributed by atoms with Gasteiger partial charge in [-0.25, -0.2) is 9.80 Å². The van der Waals surface area contributed by atoms with Crippen LogP contribution in [-0.4, -0.2) is 24.6 Å². The van der Waals surface area contributed by atoms with Gasteiger partial charge in [-0.05, 0) is 48.9 Å². The Balaban J connectivity index is 1.81. The van der Waals surface area contributed by atoms with Crippen LogP contribution >= 0.6 is 15.9 Å². The Kier molecular flexibility index (Phi) is 4.05. The molecule has 126 valence electrons. The van der Waals surface area contributed by atoms with Crippen molar-refractivity contribution in [3.63, 3.8) is 0 Å². The fourth-order valence-electron chi connectivity index (χ4n) is 3.04. The average molecular weight is 398 g/mol. The van der Waals surface area contributed by atoms with Gasteiger partial charge in [-0.1, -0.05) is 40.2 Å². The molecule has 2 aliphatic heterocycles. The second-order valence-electron chi connectivity index (χ2n) is 5.67. The number of fused-ring (bicyclic) bond motifs is 3. The van der Waals surface area contributed by atoms with E-state index in [2.05, 4.69) is 27.1 Å². The van der Waals surface area contributed by atoms with Gasteiger partial charge >= 0.3 is 5.97 Å². The highest BCUT2D eigenvalue weighted by molar-refractivity contribution is 9.10. The summed E-state index contributed by atoms with van der Waals surface area (Å²) in [4.78, 5) is 14.4. The number of ether oxygens (including phenoxy) is 1. The quantitative estimate of drug-likeness (QED) is 0.734. The normalized spacial score (nSPS) is 17.8. The molecule has 1 unspecified atom stereocenters. The second-order valence-corrected chi connectivity index (χ2v) is 6.58. The summed E-state index contributed by atoms with van der Waals surface area (Å²) >= 11 is 3.45. The van der Waals surface area contributed by atoms with Gasteiger partial charge in [0, 0.05) is 4.47 Å². The summed E-state index contributed by atoms with van der Waals surface area (Å²) in [6.45, 7) is 2.10. The Labute approximate surface area is 154 Å². The highest BCUT2D eigenvalue weighted by atomic mass is 79.9. The van der Waals surface area contributed by atoms with Crippen molar-refractivity contribution >= 4 is 45.2 Å². The predicted molar refractivity (Wildman–Crippen MR) is 102 cm³/mol. The number of anilines is 2. The Morgan fingerprint density at radius 3 is 2.72 bits per heavy atom. The van der Waals surface area contributed by atoms with Crippen LogP contribution in [0.2, 0.25) is 0 Å². The zero-order chi connectivity index (χ0) is 17.4. The van der Waals surface area contributed by atoms with E-state index in [0.29, 0.717) is 12.4 Å². The van der Waals surface area contributed by atoms with Crippen molar-refractivity contribution < 1.29 is 9.53 Å². The number of hydrogen-bond acceptors (Lipinski definition) is 5. The number of hydrazone groups is 1. The molecule has 2 aliphatic rings. The molecular weight excluding hydrogens is 382 g/mol. The Bertz CT molecular complexity index is 876. The van der Waals surface area contributed by atoms with Crippen molar-refractivity contribution in [1.29, 1.82) is 0 Å². The number of halogens is 1. The number of esters is 1. The molecule has 2 heterocycles. The SMILES string of the molecule is CCOC(=O)C1=NN(c2ccc(Br)cc2)C2C=Cc3ccccc3N12. The minimum atomic E-state index is -0.419. The molecule has 2 aromatic carbocycles. The lowest BCUT2D eigenvalue weighted by Crippen LogP contribution is -2.45. The summed E-state index contributed by atoms with van der Waals surface area (Å²) < 4.78 is 6.22. The minimum absolute atomic E-state index is 0.199. The number of carbonyl (C=O) groups is 1. The van der Waals surface area contributed by atoms with Crippen molar-refractivity contribution in [2.75, 3.05) is 16.5 Å². The summed E-state index contributed by atoms with van der Waals surface area (Å²) in [5.74, 6) is -0.121. The van der Waals surface area contributed by atoms with Crippen LogP contribution in [0, 0.1) is 0 Å². The monoisotopic (exact) mass is 397 g/mol. The van der Waals surface area contributed by atoms with E-state index in [1.165, 1.54) is 0 Å². The van der Waals surface area contributed by atoms with Gasteiger partial charge < -0.3 is 4.74 Å². The molecule has 0 radical (unpaired) electrons. The molecule has 0 saturated carbocycles. The standard InChI is InChI=1S/C19H16BrN3O2/c1-2-25-19(24)18-21-23(15-10-8-14(20)9-11-15)17-12-7-13-5-3-4-6-16(13)22(17)18/h3-12,17H,2H2,1H3. The lowest BCUT2D eigenvalue weighted by molar-refractivity contribution is -0.135. The lowest BCUT2D eigenvalue weighted by Gasteiger charge is -2.32. The lowest BCUT2D eigenvalue weighted by atomic mass is 10.1. The number of hydrogen-bond donors (Lipinski definition) is 0. The molecule has 0 spiro atoms.